The zero-order chi connectivity index (χ0) is 13.9. The molecule has 1 heterocycles. The van der Waals surface area contributed by atoms with E-state index in [0.29, 0.717) is 5.56 Å². The van der Waals surface area contributed by atoms with Gasteiger partial charge in [-0.3, -0.25) is 9.78 Å². The molecular weight excluding hydrogens is 252 g/mol. The summed E-state index contributed by atoms with van der Waals surface area (Å²) >= 11 is 0. The fourth-order valence-corrected chi connectivity index (χ4v) is 2.64. The summed E-state index contributed by atoms with van der Waals surface area (Å²) in [5.74, 6) is -0.250. The van der Waals surface area contributed by atoms with Crippen LogP contribution in [0, 0.1) is 0 Å². The molecule has 2 aromatic rings. The number of nitrogens with zero attached hydrogens (tertiary/aromatic N) is 1. The summed E-state index contributed by atoms with van der Waals surface area (Å²) in [6.45, 7) is 0. The topological polar surface area (TPSA) is 62.2 Å². The number of amides is 1. The molecule has 0 fully saturated rings. The van der Waals surface area contributed by atoms with Gasteiger partial charge >= 0.3 is 0 Å². The first-order valence-electron chi connectivity index (χ1n) is 6.80. The van der Waals surface area contributed by atoms with Crippen LogP contribution in [0.2, 0.25) is 0 Å². The molecule has 0 saturated carbocycles. The van der Waals surface area contributed by atoms with Gasteiger partial charge in [-0.15, -0.1) is 0 Å². The standard InChI is InChI=1S/C16H16N2O2/c19-13-8-12(9-17-10-13)16(20)18-15-7-3-5-11-4-1-2-6-14(11)15/h3,5,7-10,19H,1-2,4,6H2,(H,18,20). The van der Waals surface area contributed by atoms with E-state index in [1.165, 1.54) is 36.0 Å². The van der Waals surface area contributed by atoms with Crippen molar-refractivity contribution in [2.45, 2.75) is 25.7 Å². The molecule has 4 nitrogen and oxygen atoms in total. The number of hydrogen-bond donors (Lipinski definition) is 2. The Kier molecular flexibility index (Phi) is 3.37. The number of fused-ring (bicyclic) bond motifs is 1. The summed E-state index contributed by atoms with van der Waals surface area (Å²) in [5.41, 5.74) is 3.79. The van der Waals surface area contributed by atoms with Crippen molar-refractivity contribution < 1.29 is 9.90 Å². The van der Waals surface area contributed by atoms with E-state index in [2.05, 4.69) is 16.4 Å². The van der Waals surface area contributed by atoms with E-state index in [4.69, 9.17) is 0 Å². The Morgan fingerprint density at radius 1 is 1.20 bits per heavy atom. The van der Waals surface area contributed by atoms with Crippen molar-refractivity contribution in [1.29, 1.82) is 0 Å². The Labute approximate surface area is 117 Å². The second-order valence-corrected chi connectivity index (χ2v) is 5.04. The first-order chi connectivity index (χ1) is 9.74. The second-order valence-electron chi connectivity index (χ2n) is 5.04. The average molecular weight is 268 g/mol. The lowest BCUT2D eigenvalue weighted by atomic mass is 9.90. The molecule has 0 unspecified atom stereocenters. The second kappa shape index (κ2) is 5.33. The minimum Gasteiger partial charge on any atom is -0.506 e. The SMILES string of the molecule is O=C(Nc1cccc2c1CCCC2)c1cncc(O)c1. The number of aryl methyl sites for hydroxylation is 1. The van der Waals surface area contributed by atoms with Crippen molar-refractivity contribution in [2.75, 3.05) is 5.32 Å². The maximum atomic E-state index is 12.2. The van der Waals surface area contributed by atoms with Crippen LogP contribution in [0.5, 0.6) is 5.75 Å². The van der Waals surface area contributed by atoms with Crippen LogP contribution < -0.4 is 5.32 Å². The summed E-state index contributed by atoms with van der Waals surface area (Å²) in [6.07, 6.45) is 7.21. The molecule has 0 bridgehead atoms. The summed E-state index contributed by atoms with van der Waals surface area (Å²) < 4.78 is 0. The van der Waals surface area contributed by atoms with E-state index in [1.807, 2.05) is 12.1 Å². The van der Waals surface area contributed by atoms with Crippen LogP contribution in [-0.4, -0.2) is 16.0 Å². The number of pyridine rings is 1. The number of aromatic nitrogens is 1. The Morgan fingerprint density at radius 2 is 2.05 bits per heavy atom. The molecule has 1 amide bonds. The van der Waals surface area contributed by atoms with E-state index >= 15 is 0 Å². The molecule has 0 radical (unpaired) electrons. The maximum Gasteiger partial charge on any atom is 0.257 e. The molecule has 1 aliphatic rings. The van der Waals surface area contributed by atoms with Crippen LogP contribution >= 0.6 is 0 Å². The number of hydrogen-bond acceptors (Lipinski definition) is 3. The number of aromatic hydroxyl groups is 1. The molecule has 2 N–H and O–H groups in total. The van der Waals surface area contributed by atoms with Gasteiger partial charge in [0.2, 0.25) is 0 Å². The predicted octanol–water partition coefficient (Wildman–Crippen LogP) is 2.92. The highest BCUT2D eigenvalue weighted by atomic mass is 16.3. The smallest absolute Gasteiger partial charge is 0.257 e. The highest BCUT2D eigenvalue weighted by Crippen LogP contribution is 2.28. The largest absolute Gasteiger partial charge is 0.506 e. The summed E-state index contributed by atoms with van der Waals surface area (Å²) in [4.78, 5) is 16.0. The lowest BCUT2D eigenvalue weighted by Crippen LogP contribution is -2.15. The number of carbonyl (C=O) groups is 1. The summed E-state index contributed by atoms with van der Waals surface area (Å²) in [5, 5.41) is 12.3. The fraction of sp³-hybridized carbons (Fsp3) is 0.250. The van der Waals surface area contributed by atoms with Crippen molar-refractivity contribution in [3.8, 4) is 5.75 Å². The predicted molar refractivity (Wildman–Crippen MR) is 76.9 cm³/mol. The third-order valence-corrected chi connectivity index (χ3v) is 3.63. The van der Waals surface area contributed by atoms with Crippen molar-refractivity contribution in [2.24, 2.45) is 0 Å². The molecule has 3 rings (SSSR count). The quantitative estimate of drug-likeness (QED) is 0.880. The highest BCUT2D eigenvalue weighted by molar-refractivity contribution is 6.04. The Morgan fingerprint density at radius 3 is 2.90 bits per heavy atom. The number of anilines is 1. The van der Waals surface area contributed by atoms with Crippen molar-refractivity contribution in [3.63, 3.8) is 0 Å². The van der Waals surface area contributed by atoms with Gasteiger partial charge < -0.3 is 10.4 Å². The highest BCUT2D eigenvalue weighted by Gasteiger charge is 2.15. The third-order valence-electron chi connectivity index (χ3n) is 3.63. The number of nitrogens with one attached hydrogen (secondary N) is 1. The molecule has 1 aromatic heterocycles. The average Bonchev–Trinajstić information content (AvgIpc) is 2.47. The van der Waals surface area contributed by atoms with Crippen molar-refractivity contribution in [3.05, 3.63) is 53.3 Å². The van der Waals surface area contributed by atoms with Crippen LogP contribution in [0.4, 0.5) is 5.69 Å². The molecule has 0 atom stereocenters. The molecule has 1 aliphatic carbocycles. The van der Waals surface area contributed by atoms with Crippen LogP contribution in [0.3, 0.4) is 0 Å². The minimum atomic E-state index is -0.243. The molecule has 0 aliphatic heterocycles. The van der Waals surface area contributed by atoms with E-state index < -0.39 is 0 Å². The molecule has 0 spiro atoms. The van der Waals surface area contributed by atoms with E-state index in [-0.39, 0.29) is 11.7 Å². The Balaban J connectivity index is 1.86. The van der Waals surface area contributed by atoms with E-state index in [1.54, 1.807) is 0 Å². The van der Waals surface area contributed by atoms with Gasteiger partial charge in [-0.05, 0) is 48.9 Å². The Hall–Kier alpha value is -2.36. The number of benzene rings is 1. The lowest BCUT2D eigenvalue weighted by Gasteiger charge is -2.19. The van der Waals surface area contributed by atoms with Gasteiger partial charge in [-0.1, -0.05) is 12.1 Å². The monoisotopic (exact) mass is 268 g/mol. The molecule has 0 saturated heterocycles. The molecule has 1 aromatic carbocycles. The van der Waals surface area contributed by atoms with Gasteiger partial charge in [0, 0.05) is 11.9 Å². The first-order valence-corrected chi connectivity index (χ1v) is 6.80. The molecule has 102 valence electrons. The number of rotatable bonds is 2. The van der Waals surface area contributed by atoms with Gasteiger partial charge in [-0.2, -0.15) is 0 Å². The summed E-state index contributed by atoms with van der Waals surface area (Å²) in [7, 11) is 0. The fourth-order valence-electron chi connectivity index (χ4n) is 2.64. The van der Waals surface area contributed by atoms with Gasteiger partial charge in [0.15, 0.2) is 0 Å². The number of carbonyl (C=O) groups excluding carboxylic acids is 1. The normalized spacial score (nSPS) is 13.6. The van der Waals surface area contributed by atoms with Gasteiger partial charge in [0.25, 0.3) is 5.91 Å². The van der Waals surface area contributed by atoms with Gasteiger partial charge in [0.1, 0.15) is 5.75 Å². The van der Waals surface area contributed by atoms with E-state index in [0.717, 1.165) is 24.9 Å². The maximum absolute atomic E-state index is 12.2. The van der Waals surface area contributed by atoms with Crippen LogP contribution in [0.15, 0.2) is 36.7 Å². The first kappa shape index (κ1) is 12.7. The zero-order valence-electron chi connectivity index (χ0n) is 11.1. The summed E-state index contributed by atoms with van der Waals surface area (Å²) in [6, 6.07) is 7.44. The van der Waals surface area contributed by atoms with Crippen molar-refractivity contribution >= 4 is 11.6 Å². The molecular formula is C16H16N2O2. The van der Waals surface area contributed by atoms with Crippen LogP contribution in [0.25, 0.3) is 0 Å². The van der Waals surface area contributed by atoms with Crippen LogP contribution in [0.1, 0.15) is 34.3 Å². The van der Waals surface area contributed by atoms with Crippen molar-refractivity contribution in [1.82, 2.24) is 4.98 Å². The van der Waals surface area contributed by atoms with Crippen LogP contribution in [-0.2, 0) is 12.8 Å². The van der Waals surface area contributed by atoms with E-state index in [9.17, 15) is 9.90 Å². The molecule has 20 heavy (non-hydrogen) atoms. The Bertz CT molecular complexity index is 653. The lowest BCUT2D eigenvalue weighted by molar-refractivity contribution is 0.102. The van der Waals surface area contributed by atoms with Gasteiger partial charge in [-0.25, -0.2) is 0 Å². The minimum absolute atomic E-state index is 0.00672. The third kappa shape index (κ3) is 2.50. The molecule has 4 heteroatoms. The van der Waals surface area contributed by atoms with Gasteiger partial charge in [0.05, 0.1) is 11.8 Å². The zero-order valence-corrected chi connectivity index (χ0v) is 11.1.